The number of benzene rings is 2. The molecule has 3 rings (SSSR count). The minimum absolute atomic E-state index is 0.233. The summed E-state index contributed by atoms with van der Waals surface area (Å²) in [5.41, 5.74) is 3.28. The van der Waals surface area contributed by atoms with Gasteiger partial charge in [-0.15, -0.1) is 0 Å². The number of nitrogens with zero attached hydrogens (tertiary/aromatic N) is 1. The molecule has 0 bridgehead atoms. The van der Waals surface area contributed by atoms with Gasteiger partial charge in [0.05, 0.1) is 13.1 Å². The molecule has 0 saturated heterocycles. The van der Waals surface area contributed by atoms with Crippen LogP contribution < -0.4 is 10.6 Å². The van der Waals surface area contributed by atoms with Crippen molar-refractivity contribution in [2.75, 3.05) is 5.32 Å². The van der Waals surface area contributed by atoms with Crippen LogP contribution >= 0.6 is 15.9 Å². The minimum Gasteiger partial charge on any atom is -0.345 e. The van der Waals surface area contributed by atoms with Crippen LogP contribution in [0.5, 0.6) is 0 Å². The van der Waals surface area contributed by atoms with E-state index >= 15 is 0 Å². The summed E-state index contributed by atoms with van der Waals surface area (Å²) in [7, 11) is 0. The maximum absolute atomic E-state index is 13.8. The lowest BCUT2D eigenvalue weighted by Crippen LogP contribution is -2.29. The van der Waals surface area contributed by atoms with Crippen molar-refractivity contribution in [3.8, 4) is 0 Å². The number of amides is 2. The molecule has 2 aromatic carbocycles. The maximum atomic E-state index is 13.8. The Bertz CT molecular complexity index is 923. The Kier molecular flexibility index (Phi) is 5.73. The molecule has 0 unspecified atom stereocenters. The summed E-state index contributed by atoms with van der Waals surface area (Å²) < 4.78 is 16.7. The molecule has 2 N–H and O–H groups in total. The second-order valence-electron chi connectivity index (χ2n) is 5.99. The van der Waals surface area contributed by atoms with Crippen molar-refractivity contribution in [2.45, 2.75) is 20.0 Å². The molecule has 0 atom stereocenters. The Morgan fingerprint density at radius 1 is 1.15 bits per heavy atom. The first-order chi connectivity index (χ1) is 12.5. The van der Waals surface area contributed by atoms with E-state index < -0.39 is 0 Å². The first-order valence-corrected chi connectivity index (χ1v) is 9.00. The van der Waals surface area contributed by atoms with Gasteiger partial charge in [-0.05, 0) is 48.9 Å². The van der Waals surface area contributed by atoms with Crippen LogP contribution in [0.3, 0.4) is 0 Å². The van der Waals surface area contributed by atoms with Gasteiger partial charge in [-0.25, -0.2) is 9.18 Å². The number of aromatic nitrogens is 1. The molecule has 0 radical (unpaired) electrons. The zero-order valence-corrected chi connectivity index (χ0v) is 15.9. The monoisotopic (exact) mass is 415 g/mol. The average molecular weight is 416 g/mol. The standard InChI is InChI=1S/C20H19BrFN3O/c1-14-11-16(8-9-18(14)21)24-20(26)23-12-17-6-4-10-25(17)13-15-5-2-3-7-19(15)22/h2-11H,12-13H2,1H3,(H2,23,24,26). The molecule has 1 heterocycles. The highest BCUT2D eigenvalue weighted by atomic mass is 79.9. The van der Waals surface area contributed by atoms with Gasteiger partial charge >= 0.3 is 6.03 Å². The van der Waals surface area contributed by atoms with Crippen LogP contribution in [0.1, 0.15) is 16.8 Å². The fourth-order valence-corrected chi connectivity index (χ4v) is 2.89. The smallest absolute Gasteiger partial charge is 0.319 e. The lowest BCUT2D eigenvalue weighted by Gasteiger charge is -2.12. The predicted octanol–water partition coefficient (Wildman–Crippen LogP) is 5.07. The van der Waals surface area contributed by atoms with Crippen molar-refractivity contribution >= 4 is 27.6 Å². The highest BCUT2D eigenvalue weighted by Crippen LogP contribution is 2.20. The van der Waals surface area contributed by atoms with E-state index in [4.69, 9.17) is 0 Å². The van der Waals surface area contributed by atoms with Gasteiger partial charge in [0.25, 0.3) is 0 Å². The molecule has 3 aromatic rings. The van der Waals surface area contributed by atoms with E-state index in [1.54, 1.807) is 12.1 Å². The molecule has 0 spiro atoms. The fourth-order valence-electron chi connectivity index (χ4n) is 2.64. The van der Waals surface area contributed by atoms with E-state index in [2.05, 4.69) is 26.6 Å². The maximum Gasteiger partial charge on any atom is 0.319 e. The summed E-state index contributed by atoms with van der Waals surface area (Å²) in [6.45, 7) is 2.73. The summed E-state index contributed by atoms with van der Waals surface area (Å²) >= 11 is 3.43. The van der Waals surface area contributed by atoms with Crippen LogP contribution in [0.25, 0.3) is 0 Å². The van der Waals surface area contributed by atoms with Gasteiger partial charge < -0.3 is 15.2 Å². The molecular weight excluding hydrogens is 397 g/mol. The van der Waals surface area contributed by atoms with Gasteiger partial charge in [-0.2, -0.15) is 0 Å². The van der Waals surface area contributed by atoms with Gasteiger partial charge in [0.15, 0.2) is 0 Å². The number of rotatable bonds is 5. The number of anilines is 1. The Morgan fingerprint density at radius 3 is 2.73 bits per heavy atom. The summed E-state index contributed by atoms with van der Waals surface area (Å²) in [5, 5.41) is 5.64. The molecule has 0 aliphatic carbocycles. The summed E-state index contributed by atoms with van der Waals surface area (Å²) in [4.78, 5) is 12.1. The molecule has 0 aliphatic heterocycles. The molecule has 4 nitrogen and oxygen atoms in total. The number of carbonyl (C=O) groups excluding carboxylic acids is 1. The van der Waals surface area contributed by atoms with Gasteiger partial charge in [0.2, 0.25) is 0 Å². The van der Waals surface area contributed by atoms with Gasteiger partial charge in [0.1, 0.15) is 5.82 Å². The van der Waals surface area contributed by atoms with Crippen LogP contribution in [-0.2, 0) is 13.1 Å². The first-order valence-electron chi connectivity index (χ1n) is 8.21. The lowest BCUT2D eigenvalue weighted by atomic mass is 10.2. The third-order valence-electron chi connectivity index (χ3n) is 4.07. The van der Waals surface area contributed by atoms with Crippen LogP contribution in [0, 0.1) is 12.7 Å². The van der Waals surface area contributed by atoms with Gasteiger partial charge in [-0.1, -0.05) is 34.1 Å². The average Bonchev–Trinajstić information content (AvgIpc) is 3.05. The van der Waals surface area contributed by atoms with Crippen molar-refractivity contribution < 1.29 is 9.18 Å². The number of hydrogen-bond acceptors (Lipinski definition) is 1. The third kappa shape index (κ3) is 4.52. The van der Waals surface area contributed by atoms with E-state index in [0.717, 1.165) is 21.4 Å². The zero-order chi connectivity index (χ0) is 18.5. The van der Waals surface area contributed by atoms with E-state index in [1.807, 2.05) is 54.1 Å². The molecule has 0 fully saturated rings. The Hall–Kier alpha value is -2.60. The van der Waals surface area contributed by atoms with Gasteiger partial charge in [0, 0.05) is 27.6 Å². The normalized spacial score (nSPS) is 10.6. The van der Waals surface area contributed by atoms with Crippen LogP contribution in [-0.4, -0.2) is 10.6 Å². The number of hydrogen-bond donors (Lipinski definition) is 2. The number of urea groups is 1. The number of carbonyl (C=O) groups is 1. The molecule has 0 aliphatic rings. The molecular formula is C20H19BrFN3O. The van der Waals surface area contributed by atoms with Gasteiger partial charge in [-0.3, -0.25) is 0 Å². The second kappa shape index (κ2) is 8.19. The summed E-state index contributed by atoms with van der Waals surface area (Å²) in [5.74, 6) is -0.233. The number of aryl methyl sites for hydroxylation is 1. The van der Waals surface area contributed by atoms with Crippen LogP contribution in [0.4, 0.5) is 14.9 Å². The van der Waals surface area contributed by atoms with E-state index in [9.17, 15) is 9.18 Å². The molecule has 26 heavy (non-hydrogen) atoms. The quantitative estimate of drug-likeness (QED) is 0.600. The largest absolute Gasteiger partial charge is 0.345 e. The summed E-state index contributed by atoms with van der Waals surface area (Å²) in [6, 6.07) is 15.8. The number of halogens is 2. The van der Waals surface area contributed by atoms with Crippen molar-refractivity contribution in [3.63, 3.8) is 0 Å². The Balaban J connectivity index is 1.60. The van der Waals surface area contributed by atoms with E-state index in [1.165, 1.54) is 6.07 Å². The minimum atomic E-state index is -0.287. The molecule has 2 amide bonds. The van der Waals surface area contributed by atoms with Crippen molar-refractivity contribution in [2.24, 2.45) is 0 Å². The lowest BCUT2D eigenvalue weighted by molar-refractivity contribution is 0.251. The highest BCUT2D eigenvalue weighted by Gasteiger charge is 2.08. The fraction of sp³-hybridized carbons (Fsp3) is 0.150. The zero-order valence-electron chi connectivity index (χ0n) is 14.3. The summed E-state index contributed by atoms with van der Waals surface area (Å²) in [6.07, 6.45) is 1.87. The van der Waals surface area contributed by atoms with E-state index in [0.29, 0.717) is 18.7 Å². The molecule has 134 valence electrons. The highest BCUT2D eigenvalue weighted by molar-refractivity contribution is 9.10. The second-order valence-corrected chi connectivity index (χ2v) is 6.84. The predicted molar refractivity (Wildman–Crippen MR) is 105 cm³/mol. The van der Waals surface area contributed by atoms with E-state index in [-0.39, 0.29) is 11.8 Å². The Labute approximate surface area is 160 Å². The van der Waals surface area contributed by atoms with Crippen molar-refractivity contribution in [3.05, 3.63) is 87.9 Å². The van der Waals surface area contributed by atoms with Crippen molar-refractivity contribution in [1.29, 1.82) is 0 Å². The molecule has 6 heteroatoms. The first kappa shape index (κ1) is 18.2. The third-order valence-corrected chi connectivity index (χ3v) is 4.96. The molecule has 0 saturated carbocycles. The topological polar surface area (TPSA) is 46.1 Å². The Morgan fingerprint density at radius 2 is 1.96 bits per heavy atom. The number of nitrogens with one attached hydrogen (secondary N) is 2. The SMILES string of the molecule is Cc1cc(NC(=O)NCc2cccn2Cc2ccccc2F)ccc1Br. The molecule has 1 aromatic heterocycles. The van der Waals surface area contributed by atoms with Crippen molar-refractivity contribution in [1.82, 2.24) is 9.88 Å². The van der Waals surface area contributed by atoms with Crippen LogP contribution in [0.2, 0.25) is 0 Å². The van der Waals surface area contributed by atoms with Crippen LogP contribution in [0.15, 0.2) is 65.3 Å².